The molecule has 13 heavy (non-hydrogen) atoms. The summed E-state index contributed by atoms with van der Waals surface area (Å²) in [6, 6.07) is 0. The van der Waals surface area contributed by atoms with Gasteiger partial charge in [-0.05, 0) is 12.3 Å². The fourth-order valence-electron chi connectivity index (χ4n) is 1.93. The number of ether oxygens (including phenoxy) is 1. The molecule has 1 rings (SSSR count). The summed E-state index contributed by atoms with van der Waals surface area (Å²) in [6.45, 7) is 3.11. The molecule has 0 amide bonds. The van der Waals surface area contributed by atoms with Crippen molar-refractivity contribution in [2.24, 2.45) is 5.92 Å². The van der Waals surface area contributed by atoms with Crippen molar-refractivity contribution in [2.75, 3.05) is 13.2 Å². The zero-order valence-corrected chi connectivity index (χ0v) is 8.55. The minimum atomic E-state index is 0.292. The zero-order chi connectivity index (χ0) is 9.52. The van der Waals surface area contributed by atoms with E-state index in [1.165, 1.54) is 25.7 Å². The Labute approximate surface area is 80.7 Å². The first-order valence-electron chi connectivity index (χ1n) is 5.42. The molecule has 0 bridgehead atoms. The first kappa shape index (κ1) is 10.7. The second-order valence-corrected chi connectivity index (χ2v) is 3.95. The summed E-state index contributed by atoms with van der Waals surface area (Å²) in [6.07, 6.45) is 6.88. The summed E-state index contributed by atoms with van der Waals surface area (Å²) in [5.41, 5.74) is 0. The lowest BCUT2D eigenvalue weighted by molar-refractivity contribution is -0.124. The molecule has 1 saturated carbocycles. The van der Waals surface area contributed by atoms with Crippen molar-refractivity contribution in [3.05, 3.63) is 0 Å². The van der Waals surface area contributed by atoms with Gasteiger partial charge in [0.25, 0.3) is 0 Å². The van der Waals surface area contributed by atoms with E-state index in [2.05, 4.69) is 6.92 Å². The third-order valence-electron chi connectivity index (χ3n) is 2.60. The predicted octanol–water partition coefficient (Wildman–Crippen LogP) is 2.56. The van der Waals surface area contributed by atoms with Gasteiger partial charge < -0.3 is 4.74 Å². The fraction of sp³-hybridized carbons (Fsp3) is 0.909. The van der Waals surface area contributed by atoms with Crippen LogP contribution < -0.4 is 0 Å². The number of carbonyl (C=O) groups is 1. The Kier molecular flexibility index (Phi) is 5.06. The van der Waals surface area contributed by atoms with E-state index < -0.39 is 0 Å². The van der Waals surface area contributed by atoms with Crippen molar-refractivity contribution < 1.29 is 9.53 Å². The van der Waals surface area contributed by atoms with Crippen molar-refractivity contribution >= 4 is 5.78 Å². The van der Waals surface area contributed by atoms with Gasteiger partial charge in [0.15, 0.2) is 5.78 Å². The molecule has 0 N–H and O–H groups in total. The Bertz CT molecular complexity index is 148. The molecule has 76 valence electrons. The van der Waals surface area contributed by atoms with Gasteiger partial charge >= 0.3 is 0 Å². The van der Waals surface area contributed by atoms with Crippen LogP contribution in [-0.2, 0) is 9.53 Å². The Morgan fingerprint density at radius 3 is 2.69 bits per heavy atom. The molecule has 0 atom stereocenters. The maximum absolute atomic E-state index is 11.3. The molecule has 0 heterocycles. The quantitative estimate of drug-likeness (QED) is 0.593. The Balaban J connectivity index is 2.02. The molecule has 0 unspecified atom stereocenters. The minimum absolute atomic E-state index is 0.292. The lowest BCUT2D eigenvalue weighted by Crippen LogP contribution is -2.12. The van der Waals surface area contributed by atoms with Crippen molar-refractivity contribution in [3.63, 3.8) is 0 Å². The van der Waals surface area contributed by atoms with Crippen LogP contribution in [0.2, 0.25) is 0 Å². The van der Waals surface area contributed by atoms with Crippen LogP contribution in [0, 0.1) is 5.92 Å². The Morgan fingerprint density at radius 2 is 2.08 bits per heavy atom. The molecule has 0 aromatic heterocycles. The lowest BCUT2D eigenvalue weighted by Gasteiger charge is -2.07. The van der Waals surface area contributed by atoms with Gasteiger partial charge in [0.1, 0.15) is 6.61 Å². The van der Waals surface area contributed by atoms with Crippen LogP contribution in [0.3, 0.4) is 0 Å². The molecule has 1 fully saturated rings. The highest BCUT2D eigenvalue weighted by atomic mass is 16.5. The highest BCUT2D eigenvalue weighted by Gasteiger charge is 2.17. The third kappa shape index (κ3) is 4.41. The SMILES string of the molecule is CCCOCC(=O)CC1CCCC1. The van der Waals surface area contributed by atoms with E-state index in [0.29, 0.717) is 18.3 Å². The molecule has 0 radical (unpaired) electrons. The average molecular weight is 184 g/mol. The maximum atomic E-state index is 11.3. The van der Waals surface area contributed by atoms with Crippen molar-refractivity contribution in [2.45, 2.75) is 45.4 Å². The van der Waals surface area contributed by atoms with E-state index in [1.54, 1.807) is 0 Å². The van der Waals surface area contributed by atoms with E-state index in [0.717, 1.165) is 19.4 Å². The van der Waals surface area contributed by atoms with E-state index in [9.17, 15) is 4.79 Å². The van der Waals surface area contributed by atoms with Gasteiger partial charge in [-0.3, -0.25) is 4.79 Å². The van der Waals surface area contributed by atoms with E-state index in [1.807, 2.05) is 0 Å². The molecule has 0 aliphatic heterocycles. The largest absolute Gasteiger partial charge is 0.374 e. The summed E-state index contributed by atoms with van der Waals surface area (Å²) in [7, 11) is 0. The van der Waals surface area contributed by atoms with Gasteiger partial charge in [0, 0.05) is 13.0 Å². The third-order valence-corrected chi connectivity index (χ3v) is 2.60. The molecule has 1 aliphatic carbocycles. The number of Topliss-reactive ketones (excluding diaryl/α,β-unsaturated/α-hetero) is 1. The Morgan fingerprint density at radius 1 is 1.38 bits per heavy atom. The van der Waals surface area contributed by atoms with Crippen LogP contribution in [0.5, 0.6) is 0 Å². The zero-order valence-electron chi connectivity index (χ0n) is 8.55. The van der Waals surface area contributed by atoms with Gasteiger partial charge in [-0.1, -0.05) is 32.6 Å². The number of carbonyl (C=O) groups excluding carboxylic acids is 1. The summed E-state index contributed by atoms with van der Waals surface area (Å²) in [4.78, 5) is 11.3. The van der Waals surface area contributed by atoms with E-state index >= 15 is 0 Å². The van der Waals surface area contributed by atoms with Gasteiger partial charge in [0.2, 0.25) is 0 Å². The topological polar surface area (TPSA) is 26.3 Å². The number of rotatable bonds is 6. The second kappa shape index (κ2) is 6.14. The molecule has 2 nitrogen and oxygen atoms in total. The van der Waals surface area contributed by atoms with Crippen molar-refractivity contribution in [1.29, 1.82) is 0 Å². The normalized spacial score (nSPS) is 17.9. The fourth-order valence-corrected chi connectivity index (χ4v) is 1.93. The summed E-state index contributed by atoms with van der Waals surface area (Å²) < 4.78 is 5.21. The van der Waals surface area contributed by atoms with Gasteiger partial charge in [-0.15, -0.1) is 0 Å². The van der Waals surface area contributed by atoms with Crippen LogP contribution in [-0.4, -0.2) is 19.0 Å². The second-order valence-electron chi connectivity index (χ2n) is 3.95. The summed E-state index contributed by atoms with van der Waals surface area (Å²) in [5, 5.41) is 0. The molecule has 0 aromatic rings. The highest BCUT2D eigenvalue weighted by molar-refractivity contribution is 5.79. The van der Waals surface area contributed by atoms with Crippen LogP contribution in [0.4, 0.5) is 0 Å². The molecular weight excluding hydrogens is 164 g/mol. The summed E-state index contributed by atoms with van der Waals surface area (Å²) >= 11 is 0. The van der Waals surface area contributed by atoms with Gasteiger partial charge in [0.05, 0.1) is 0 Å². The number of hydrogen-bond acceptors (Lipinski definition) is 2. The average Bonchev–Trinajstić information content (AvgIpc) is 2.57. The van der Waals surface area contributed by atoms with E-state index in [-0.39, 0.29) is 0 Å². The number of ketones is 1. The van der Waals surface area contributed by atoms with Gasteiger partial charge in [-0.25, -0.2) is 0 Å². The molecule has 2 heteroatoms. The Hall–Kier alpha value is -0.370. The van der Waals surface area contributed by atoms with E-state index in [4.69, 9.17) is 4.74 Å². The first-order chi connectivity index (χ1) is 6.33. The minimum Gasteiger partial charge on any atom is -0.374 e. The smallest absolute Gasteiger partial charge is 0.158 e. The van der Waals surface area contributed by atoms with Crippen LogP contribution in [0.25, 0.3) is 0 Å². The van der Waals surface area contributed by atoms with Crippen LogP contribution in [0.15, 0.2) is 0 Å². The van der Waals surface area contributed by atoms with Crippen LogP contribution >= 0.6 is 0 Å². The first-order valence-corrected chi connectivity index (χ1v) is 5.42. The highest BCUT2D eigenvalue weighted by Crippen LogP contribution is 2.27. The lowest BCUT2D eigenvalue weighted by atomic mass is 10.0. The monoisotopic (exact) mass is 184 g/mol. The molecule has 1 aliphatic rings. The summed E-state index contributed by atoms with van der Waals surface area (Å²) in [5.74, 6) is 0.957. The molecule has 0 spiro atoms. The van der Waals surface area contributed by atoms with Crippen LogP contribution in [0.1, 0.15) is 45.4 Å². The standard InChI is InChI=1S/C11H20O2/c1-2-7-13-9-11(12)8-10-5-3-4-6-10/h10H,2-9H2,1H3. The van der Waals surface area contributed by atoms with Crippen molar-refractivity contribution in [3.8, 4) is 0 Å². The number of hydrogen-bond donors (Lipinski definition) is 0. The molecular formula is C11H20O2. The molecule has 0 aromatic carbocycles. The maximum Gasteiger partial charge on any atom is 0.158 e. The van der Waals surface area contributed by atoms with Crippen molar-refractivity contribution in [1.82, 2.24) is 0 Å². The predicted molar refractivity (Wildman–Crippen MR) is 52.7 cm³/mol. The molecule has 0 saturated heterocycles. The van der Waals surface area contributed by atoms with Gasteiger partial charge in [-0.2, -0.15) is 0 Å².